The van der Waals surface area contributed by atoms with Gasteiger partial charge in [-0.2, -0.15) is 0 Å². The molecule has 23 heavy (non-hydrogen) atoms. The number of carbonyl (C=O) groups excluding carboxylic acids is 1. The minimum absolute atomic E-state index is 0.00435. The minimum Gasteiger partial charge on any atom is -0.493 e. The highest BCUT2D eigenvalue weighted by Crippen LogP contribution is 2.34. The molecule has 0 aliphatic heterocycles. The molecule has 1 saturated carbocycles. The summed E-state index contributed by atoms with van der Waals surface area (Å²) in [5.74, 6) is 1.03. The molecule has 0 spiro atoms. The Morgan fingerprint density at radius 2 is 2.26 bits per heavy atom. The number of benzene rings is 1. The lowest BCUT2D eigenvalue weighted by atomic mass is 10.3. The van der Waals surface area contributed by atoms with Crippen molar-refractivity contribution in [1.29, 1.82) is 0 Å². The molecular formula is C15H16ClN3O4. The van der Waals surface area contributed by atoms with E-state index in [2.05, 4.69) is 15.4 Å². The van der Waals surface area contributed by atoms with E-state index in [0.29, 0.717) is 29.0 Å². The van der Waals surface area contributed by atoms with Gasteiger partial charge in [-0.3, -0.25) is 0 Å². The van der Waals surface area contributed by atoms with E-state index in [1.165, 1.54) is 12.8 Å². The summed E-state index contributed by atoms with van der Waals surface area (Å²) in [6.45, 7) is 2.63. The molecule has 1 N–H and O–H groups in total. The first-order chi connectivity index (χ1) is 11.2. The molecule has 1 heterocycles. The van der Waals surface area contributed by atoms with E-state index in [0.717, 1.165) is 0 Å². The lowest BCUT2D eigenvalue weighted by molar-refractivity contribution is 0.0516. The molecule has 1 aromatic heterocycles. The van der Waals surface area contributed by atoms with Crippen LogP contribution in [-0.2, 0) is 4.74 Å². The van der Waals surface area contributed by atoms with Crippen molar-refractivity contribution in [1.82, 2.24) is 15.4 Å². The number of nitrogens with one attached hydrogen (secondary N) is 1. The Morgan fingerprint density at radius 3 is 3.00 bits per heavy atom. The summed E-state index contributed by atoms with van der Waals surface area (Å²) >= 11 is 6.13. The highest BCUT2D eigenvalue weighted by Gasteiger charge is 2.23. The van der Waals surface area contributed by atoms with Gasteiger partial charge in [0.1, 0.15) is 5.75 Å². The molecule has 1 fully saturated rings. The maximum atomic E-state index is 11.8. The zero-order valence-electron chi connectivity index (χ0n) is 12.5. The third-order valence-corrected chi connectivity index (χ3v) is 3.60. The van der Waals surface area contributed by atoms with Crippen LogP contribution in [0.3, 0.4) is 0 Å². The van der Waals surface area contributed by atoms with Crippen molar-refractivity contribution in [2.24, 2.45) is 5.92 Å². The zero-order valence-corrected chi connectivity index (χ0v) is 13.3. The second kappa shape index (κ2) is 6.87. The molecule has 8 heteroatoms. The fraction of sp³-hybridized carbons (Fsp3) is 0.400. The van der Waals surface area contributed by atoms with Crippen molar-refractivity contribution < 1.29 is 19.0 Å². The first-order valence-electron chi connectivity index (χ1n) is 7.35. The molecule has 0 atom stereocenters. The predicted molar refractivity (Wildman–Crippen MR) is 82.1 cm³/mol. The van der Waals surface area contributed by atoms with E-state index in [1.54, 1.807) is 25.1 Å². The number of aromatic amines is 1. The first-order valence-corrected chi connectivity index (χ1v) is 7.73. The van der Waals surface area contributed by atoms with E-state index in [1.807, 2.05) is 0 Å². The molecule has 0 radical (unpaired) electrons. The Hall–Kier alpha value is -2.28. The number of nitrogens with zero attached hydrogens (tertiary/aromatic N) is 2. The van der Waals surface area contributed by atoms with Gasteiger partial charge in [-0.15, -0.1) is 0 Å². The number of aromatic nitrogens is 3. The number of rotatable bonds is 7. The van der Waals surface area contributed by atoms with Crippen LogP contribution in [0.4, 0.5) is 0 Å². The topological polar surface area (TPSA) is 86.3 Å². The van der Waals surface area contributed by atoms with Crippen LogP contribution in [0.25, 0.3) is 0 Å². The average Bonchev–Trinajstić information content (AvgIpc) is 3.25. The second-order valence-electron chi connectivity index (χ2n) is 5.16. The summed E-state index contributed by atoms with van der Waals surface area (Å²) in [4.78, 5) is 11.8. The summed E-state index contributed by atoms with van der Waals surface area (Å²) in [7, 11) is 0. The summed E-state index contributed by atoms with van der Waals surface area (Å²) in [6.07, 6.45) is 2.41. The fourth-order valence-corrected chi connectivity index (χ4v) is 2.04. The number of hydrogen-bond acceptors (Lipinski definition) is 6. The SMILES string of the molecule is CCOC(=O)c1[nH]nnc1Oc1cc(OCC2CC2)ccc1Cl. The second-order valence-corrected chi connectivity index (χ2v) is 5.57. The van der Waals surface area contributed by atoms with E-state index in [4.69, 9.17) is 25.8 Å². The third kappa shape index (κ3) is 3.92. The van der Waals surface area contributed by atoms with Crippen LogP contribution in [0.5, 0.6) is 17.4 Å². The van der Waals surface area contributed by atoms with E-state index < -0.39 is 5.97 Å². The van der Waals surface area contributed by atoms with Gasteiger partial charge in [0.2, 0.25) is 5.69 Å². The summed E-state index contributed by atoms with van der Waals surface area (Å²) in [6, 6.07) is 5.10. The molecule has 1 aliphatic carbocycles. The molecule has 7 nitrogen and oxygen atoms in total. The standard InChI is InChI=1S/C15H16ClN3O4/c1-2-21-15(20)13-14(18-19-17-13)23-12-7-10(5-6-11(12)16)22-8-9-3-4-9/h5-7,9H,2-4,8H2,1H3,(H,17,18,19). The largest absolute Gasteiger partial charge is 0.493 e. The fourth-order valence-electron chi connectivity index (χ4n) is 1.88. The quantitative estimate of drug-likeness (QED) is 0.781. The predicted octanol–water partition coefficient (Wildman–Crippen LogP) is 3.22. The molecule has 3 rings (SSSR count). The molecule has 0 amide bonds. The van der Waals surface area contributed by atoms with Crippen LogP contribution < -0.4 is 9.47 Å². The summed E-state index contributed by atoms with van der Waals surface area (Å²) in [5, 5.41) is 10.1. The molecular weight excluding hydrogens is 322 g/mol. The molecule has 0 unspecified atom stereocenters. The van der Waals surface area contributed by atoms with E-state index in [-0.39, 0.29) is 18.2 Å². The van der Waals surface area contributed by atoms with Gasteiger partial charge in [-0.25, -0.2) is 9.89 Å². The summed E-state index contributed by atoms with van der Waals surface area (Å²) < 4.78 is 16.2. The maximum Gasteiger partial charge on any atom is 0.362 e. The number of H-pyrrole nitrogens is 1. The molecule has 1 aromatic carbocycles. The van der Waals surface area contributed by atoms with Crippen LogP contribution in [0, 0.1) is 5.92 Å². The van der Waals surface area contributed by atoms with Crippen molar-refractivity contribution in [2.45, 2.75) is 19.8 Å². The first kappa shape index (κ1) is 15.6. The Kier molecular flexibility index (Phi) is 4.66. The highest BCUT2D eigenvalue weighted by molar-refractivity contribution is 6.32. The van der Waals surface area contributed by atoms with Crippen LogP contribution in [-0.4, -0.2) is 34.6 Å². The number of halogens is 1. The Bertz CT molecular complexity index is 700. The lowest BCUT2D eigenvalue weighted by Gasteiger charge is -2.09. The van der Waals surface area contributed by atoms with Gasteiger partial charge < -0.3 is 14.2 Å². The average molecular weight is 338 g/mol. The van der Waals surface area contributed by atoms with Crippen molar-refractivity contribution in [3.8, 4) is 17.4 Å². The number of esters is 1. The Labute approximate surface area is 137 Å². The molecule has 1 aliphatic rings. The van der Waals surface area contributed by atoms with Crippen LogP contribution >= 0.6 is 11.6 Å². The molecule has 0 saturated heterocycles. The zero-order chi connectivity index (χ0) is 16.2. The van der Waals surface area contributed by atoms with Crippen molar-refractivity contribution >= 4 is 17.6 Å². The number of carbonyl (C=O) groups is 1. The van der Waals surface area contributed by atoms with Crippen LogP contribution in [0.2, 0.25) is 5.02 Å². The minimum atomic E-state index is -0.593. The summed E-state index contributed by atoms with van der Waals surface area (Å²) in [5.41, 5.74) is 0.0345. The van der Waals surface area contributed by atoms with Crippen LogP contribution in [0.1, 0.15) is 30.3 Å². The van der Waals surface area contributed by atoms with Gasteiger partial charge >= 0.3 is 5.97 Å². The lowest BCUT2D eigenvalue weighted by Crippen LogP contribution is -2.07. The van der Waals surface area contributed by atoms with Gasteiger partial charge in [-0.05, 0) is 37.8 Å². The van der Waals surface area contributed by atoms with Crippen molar-refractivity contribution in [2.75, 3.05) is 13.2 Å². The van der Waals surface area contributed by atoms with Crippen molar-refractivity contribution in [3.63, 3.8) is 0 Å². The Balaban J connectivity index is 1.75. The normalized spacial score (nSPS) is 13.7. The highest BCUT2D eigenvalue weighted by atomic mass is 35.5. The molecule has 0 bridgehead atoms. The third-order valence-electron chi connectivity index (χ3n) is 3.29. The van der Waals surface area contributed by atoms with Crippen LogP contribution in [0.15, 0.2) is 18.2 Å². The van der Waals surface area contributed by atoms with Gasteiger partial charge in [-0.1, -0.05) is 21.9 Å². The van der Waals surface area contributed by atoms with Gasteiger partial charge in [0.05, 0.1) is 18.2 Å². The number of ether oxygens (including phenoxy) is 3. The monoisotopic (exact) mass is 337 g/mol. The van der Waals surface area contributed by atoms with Gasteiger partial charge in [0, 0.05) is 6.07 Å². The molecule has 122 valence electrons. The number of hydrogen-bond donors (Lipinski definition) is 1. The van der Waals surface area contributed by atoms with Gasteiger partial charge in [0.15, 0.2) is 5.75 Å². The smallest absolute Gasteiger partial charge is 0.362 e. The van der Waals surface area contributed by atoms with Gasteiger partial charge in [0.25, 0.3) is 5.88 Å². The maximum absolute atomic E-state index is 11.8. The Morgan fingerprint density at radius 1 is 1.43 bits per heavy atom. The van der Waals surface area contributed by atoms with Crippen molar-refractivity contribution in [3.05, 3.63) is 28.9 Å². The van der Waals surface area contributed by atoms with E-state index in [9.17, 15) is 4.79 Å². The van der Waals surface area contributed by atoms with E-state index >= 15 is 0 Å². The molecule has 2 aromatic rings.